The van der Waals surface area contributed by atoms with Gasteiger partial charge in [0.2, 0.25) is 10.0 Å². The molecule has 1 atom stereocenters. The van der Waals surface area contributed by atoms with Gasteiger partial charge in [0.05, 0.1) is 12.3 Å². The van der Waals surface area contributed by atoms with Gasteiger partial charge in [0.1, 0.15) is 5.82 Å². The first-order chi connectivity index (χ1) is 11.1. The van der Waals surface area contributed by atoms with Crippen LogP contribution in [0, 0.1) is 0 Å². The maximum atomic E-state index is 12.1. The Balaban J connectivity index is 1.78. The number of aromatic nitrogens is 3. The SMILES string of the molecule is CCS(=O)(=O)N1CCC[C@@H](c2nccn2Cc2cccnc2)C1. The highest BCUT2D eigenvalue weighted by atomic mass is 32.2. The molecule has 2 aromatic rings. The average Bonchev–Trinajstić information content (AvgIpc) is 3.04. The monoisotopic (exact) mass is 334 g/mol. The van der Waals surface area contributed by atoms with Crippen molar-refractivity contribution >= 4 is 10.0 Å². The first-order valence-electron chi connectivity index (χ1n) is 7.98. The van der Waals surface area contributed by atoms with E-state index in [0.29, 0.717) is 19.6 Å². The van der Waals surface area contributed by atoms with Crippen LogP contribution < -0.4 is 0 Å². The normalized spacial score (nSPS) is 19.8. The fourth-order valence-electron chi connectivity index (χ4n) is 3.09. The molecular formula is C16H22N4O2S. The molecule has 2 aromatic heterocycles. The number of hydrogen-bond donors (Lipinski definition) is 0. The fraction of sp³-hybridized carbons (Fsp3) is 0.500. The van der Waals surface area contributed by atoms with E-state index >= 15 is 0 Å². The van der Waals surface area contributed by atoms with Gasteiger partial charge in [0.25, 0.3) is 0 Å². The van der Waals surface area contributed by atoms with E-state index in [9.17, 15) is 8.42 Å². The van der Waals surface area contributed by atoms with Crippen molar-refractivity contribution in [3.63, 3.8) is 0 Å². The Labute approximate surface area is 137 Å². The van der Waals surface area contributed by atoms with Crippen LogP contribution >= 0.6 is 0 Å². The van der Waals surface area contributed by atoms with E-state index in [0.717, 1.165) is 24.2 Å². The lowest BCUT2D eigenvalue weighted by atomic mass is 9.98. The summed E-state index contributed by atoms with van der Waals surface area (Å²) in [4.78, 5) is 8.64. The molecule has 3 rings (SSSR count). The van der Waals surface area contributed by atoms with Crippen LogP contribution in [0.5, 0.6) is 0 Å². The molecular weight excluding hydrogens is 312 g/mol. The van der Waals surface area contributed by atoms with Gasteiger partial charge in [-0.15, -0.1) is 0 Å². The topological polar surface area (TPSA) is 68.1 Å². The molecule has 0 spiro atoms. The zero-order chi connectivity index (χ0) is 16.3. The second-order valence-corrected chi connectivity index (χ2v) is 8.13. The summed E-state index contributed by atoms with van der Waals surface area (Å²) in [6, 6.07) is 3.95. The van der Waals surface area contributed by atoms with Gasteiger partial charge in [0, 0.05) is 43.8 Å². The molecule has 0 saturated carbocycles. The zero-order valence-corrected chi connectivity index (χ0v) is 14.1. The number of hydrogen-bond acceptors (Lipinski definition) is 4. The molecule has 6 nitrogen and oxygen atoms in total. The van der Waals surface area contributed by atoms with E-state index in [1.165, 1.54) is 0 Å². The maximum Gasteiger partial charge on any atom is 0.213 e. The Kier molecular flexibility index (Phi) is 4.77. The van der Waals surface area contributed by atoms with E-state index in [4.69, 9.17) is 0 Å². The summed E-state index contributed by atoms with van der Waals surface area (Å²) in [5.41, 5.74) is 1.11. The van der Waals surface area contributed by atoms with Gasteiger partial charge >= 0.3 is 0 Å². The van der Waals surface area contributed by atoms with Crippen molar-refractivity contribution in [3.05, 3.63) is 48.3 Å². The quantitative estimate of drug-likeness (QED) is 0.837. The number of piperidine rings is 1. The minimum atomic E-state index is -3.13. The van der Waals surface area contributed by atoms with E-state index in [-0.39, 0.29) is 11.7 Å². The minimum absolute atomic E-state index is 0.150. The smallest absolute Gasteiger partial charge is 0.213 e. The average molecular weight is 334 g/mol. The minimum Gasteiger partial charge on any atom is -0.330 e. The Morgan fingerprint density at radius 2 is 2.22 bits per heavy atom. The Hall–Kier alpha value is -1.73. The summed E-state index contributed by atoms with van der Waals surface area (Å²) in [6.07, 6.45) is 9.20. The van der Waals surface area contributed by atoms with Crippen LogP contribution in [0.15, 0.2) is 36.9 Å². The molecule has 0 amide bonds. The molecule has 1 aliphatic rings. The van der Waals surface area contributed by atoms with Gasteiger partial charge in [-0.25, -0.2) is 17.7 Å². The molecule has 1 fully saturated rings. The summed E-state index contributed by atoms with van der Waals surface area (Å²) >= 11 is 0. The van der Waals surface area contributed by atoms with Gasteiger partial charge in [-0.2, -0.15) is 0 Å². The van der Waals surface area contributed by atoms with Gasteiger partial charge in [-0.3, -0.25) is 4.98 Å². The largest absolute Gasteiger partial charge is 0.330 e. The van der Waals surface area contributed by atoms with E-state index in [2.05, 4.69) is 14.5 Å². The van der Waals surface area contributed by atoms with Crippen LogP contribution in [0.3, 0.4) is 0 Å². The van der Waals surface area contributed by atoms with Gasteiger partial charge < -0.3 is 4.57 Å². The first-order valence-corrected chi connectivity index (χ1v) is 9.59. The second kappa shape index (κ2) is 6.80. The summed E-state index contributed by atoms with van der Waals surface area (Å²) in [5, 5.41) is 0. The molecule has 0 aliphatic carbocycles. The first kappa shape index (κ1) is 16.1. The van der Waals surface area contributed by atoms with Crippen LogP contribution in [0.25, 0.3) is 0 Å². The molecule has 0 radical (unpaired) electrons. The molecule has 124 valence electrons. The number of imidazole rings is 1. The number of nitrogens with zero attached hydrogens (tertiary/aromatic N) is 4. The summed E-state index contributed by atoms with van der Waals surface area (Å²) in [6.45, 7) is 3.55. The van der Waals surface area contributed by atoms with Crippen LogP contribution in [0.4, 0.5) is 0 Å². The van der Waals surface area contributed by atoms with Crippen molar-refractivity contribution in [1.82, 2.24) is 18.8 Å². The molecule has 7 heteroatoms. The van der Waals surface area contributed by atoms with Crippen molar-refractivity contribution in [2.45, 2.75) is 32.2 Å². The third-order valence-electron chi connectivity index (χ3n) is 4.33. The van der Waals surface area contributed by atoms with E-state index < -0.39 is 10.0 Å². The lowest BCUT2D eigenvalue weighted by Gasteiger charge is -2.31. The van der Waals surface area contributed by atoms with Crippen LogP contribution in [0.2, 0.25) is 0 Å². The Morgan fingerprint density at radius 1 is 1.35 bits per heavy atom. The highest BCUT2D eigenvalue weighted by Crippen LogP contribution is 2.27. The molecule has 23 heavy (non-hydrogen) atoms. The lowest BCUT2D eigenvalue weighted by molar-refractivity contribution is 0.306. The third kappa shape index (κ3) is 3.61. The third-order valence-corrected chi connectivity index (χ3v) is 6.18. The van der Waals surface area contributed by atoms with Gasteiger partial charge in [0.15, 0.2) is 0 Å². The van der Waals surface area contributed by atoms with Gasteiger partial charge in [-0.05, 0) is 31.4 Å². The molecule has 1 saturated heterocycles. The second-order valence-electron chi connectivity index (χ2n) is 5.87. The number of sulfonamides is 1. The standard InChI is InChI=1S/C16H22N4O2S/c1-2-23(21,22)20-9-4-6-15(13-20)16-18-8-10-19(16)12-14-5-3-7-17-11-14/h3,5,7-8,10-11,15H,2,4,6,9,12-13H2,1H3/t15-/m1/s1. The summed E-state index contributed by atoms with van der Waals surface area (Å²) in [5.74, 6) is 1.27. The van der Waals surface area contributed by atoms with Crippen LogP contribution in [-0.2, 0) is 16.6 Å². The molecule has 0 aromatic carbocycles. The predicted molar refractivity (Wildman–Crippen MR) is 88.6 cm³/mol. The summed E-state index contributed by atoms with van der Waals surface area (Å²) in [7, 11) is -3.13. The molecule has 0 bridgehead atoms. The van der Waals surface area contributed by atoms with Crippen molar-refractivity contribution < 1.29 is 8.42 Å². The Morgan fingerprint density at radius 3 is 2.96 bits per heavy atom. The van der Waals surface area contributed by atoms with Crippen molar-refractivity contribution in [3.8, 4) is 0 Å². The molecule has 1 aliphatic heterocycles. The fourth-order valence-corrected chi connectivity index (χ4v) is 4.27. The zero-order valence-electron chi connectivity index (χ0n) is 13.3. The lowest BCUT2D eigenvalue weighted by Crippen LogP contribution is -2.40. The highest BCUT2D eigenvalue weighted by molar-refractivity contribution is 7.89. The van der Waals surface area contributed by atoms with E-state index in [1.807, 2.05) is 24.5 Å². The number of rotatable bonds is 5. The molecule has 3 heterocycles. The van der Waals surface area contributed by atoms with Crippen molar-refractivity contribution in [2.75, 3.05) is 18.8 Å². The Bertz CT molecular complexity index is 742. The van der Waals surface area contributed by atoms with Crippen molar-refractivity contribution in [1.29, 1.82) is 0 Å². The van der Waals surface area contributed by atoms with Crippen LogP contribution in [-0.4, -0.2) is 46.1 Å². The molecule has 0 N–H and O–H groups in total. The van der Waals surface area contributed by atoms with Gasteiger partial charge in [-0.1, -0.05) is 6.07 Å². The maximum absolute atomic E-state index is 12.1. The van der Waals surface area contributed by atoms with Crippen molar-refractivity contribution in [2.24, 2.45) is 0 Å². The predicted octanol–water partition coefficient (Wildman–Crippen LogP) is 1.86. The highest BCUT2D eigenvalue weighted by Gasteiger charge is 2.30. The summed E-state index contributed by atoms with van der Waals surface area (Å²) < 4.78 is 28.0. The van der Waals surface area contributed by atoms with E-state index in [1.54, 1.807) is 23.6 Å². The number of pyridine rings is 1. The molecule has 0 unspecified atom stereocenters. The van der Waals surface area contributed by atoms with Crippen LogP contribution in [0.1, 0.15) is 37.1 Å².